The molecule has 0 fully saturated rings. The maximum atomic E-state index is 3.36. The van der Waals surface area contributed by atoms with Gasteiger partial charge in [0.15, 0.2) is 0 Å². The molecule has 0 atom stereocenters. The topological polar surface area (TPSA) is 0 Å². The third kappa shape index (κ3) is 37.1. The second kappa shape index (κ2) is 23.8. The summed E-state index contributed by atoms with van der Waals surface area (Å²) in [6, 6.07) is 3.07. The van der Waals surface area contributed by atoms with Crippen molar-refractivity contribution < 1.29 is 20.4 Å². The van der Waals surface area contributed by atoms with Crippen LogP contribution in [-0.2, 0) is 20.4 Å². The van der Waals surface area contributed by atoms with Crippen molar-refractivity contribution in [1.29, 1.82) is 0 Å². The van der Waals surface area contributed by atoms with Gasteiger partial charge in [0.2, 0.25) is 0 Å². The second-order valence-corrected chi connectivity index (χ2v) is 17.9. The Morgan fingerprint density at radius 3 is 1.05 bits per heavy atom. The first-order valence-electron chi connectivity index (χ1n) is 7.80. The van der Waals surface area contributed by atoms with Crippen LogP contribution in [0.15, 0.2) is 25.3 Å². The Labute approximate surface area is 160 Å². The van der Waals surface area contributed by atoms with Crippen LogP contribution in [0.3, 0.4) is 0 Å². The summed E-state index contributed by atoms with van der Waals surface area (Å²) in [5.74, 6) is 0. The van der Waals surface area contributed by atoms with E-state index in [0.29, 0.717) is 0 Å². The fourth-order valence-corrected chi connectivity index (χ4v) is 17.3. The summed E-state index contributed by atoms with van der Waals surface area (Å²) in [5, 5.41) is 0. The van der Waals surface area contributed by atoms with Crippen LogP contribution in [0.2, 0.25) is 43.9 Å². The molecule has 0 saturated carbocycles. The Kier molecular flexibility index (Phi) is 41.4. The summed E-state index contributed by atoms with van der Waals surface area (Å²) in [5.41, 5.74) is 1.64. The molecule has 0 radical (unpaired) electrons. The minimum atomic E-state index is -0.814. The SMILES string of the molecule is C.C.C=CC.C=CC.CCC[Si](C)(C)C[Si](C)(C)CCC.[Pd]. The van der Waals surface area contributed by atoms with Gasteiger partial charge >= 0.3 is 0 Å². The maximum Gasteiger partial charge on any atom is 0.0447 e. The van der Waals surface area contributed by atoms with E-state index in [-0.39, 0.29) is 35.3 Å². The summed E-state index contributed by atoms with van der Waals surface area (Å²) < 4.78 is 0. The molecule has 0 N–H and O–H groups in total. The Bertz CT molecular complexity index is 189. The molecular weight excluding hydrogens is 391 g/mol. The monoisotopic (exact) mass is 438 g/mol. The normalized spacial score (nSPS) is 9.09. The van der Waals surface area contributed by atoms with E-state index in [1.54, 1.807) is 17.8 Å². The first-order valence-corrected chi connectivity index (χ1v) is 14.6. The fourth-order valence-electron chi connectivity index (χ4n) is 2.83. The van der Waals surface area contributed by atoms with Gasteiger partial charge in [0.25, 0.3) is 0 Å². The number of rotatable bonds is 6. The van der Waals surface area contributed by atoms with Gasteiger partial charge < -0.3 is 0 Å². The number of hydrogen-bond donors (Lipinski definition) is 0. The molecule has 0 aromatic carbocycles. The van der Waals surface area contributed by atoms with Crippen LogP contribution in [0.1, 0.15) is 55.4 Å². The molecule has 0 saturated heterocycles. The second-order valence-electron chi connectivity index (χ2n) is 6.82. The Morgan fingerprint density at radius 2 is 0.909 bits per heavy atom. The maximum absolute atomic E-state index is 3.36. The molecule has 3 heteroatoms. The van der Waals surface area contributed by atoms with E-state index >= 15 is 0 Å². The zero-order valence-corrected chi connectivity index (χ0v) is 19.0. The molecule has 0 aromatic rings. The molecule has 0 aliphatic carbocycles. The fraction of sp³-hybridized carbons (Fsp3) is 0.789. The molecular formula is C19H48PdSi2. The zero-order chi connectivity index (χ0) is 15.9. The van der Waals surface area contributed by atoms with Crippen LogP contribution in [0.4, 0.5) is 0 Å². The van der Waals surface area contributed by atoms with Crippen molar-refractivity contribution in [1.82, 2.24) is 0 Å². The summed E-state index contributed by atoms with van der Waals surface area (Å²) in [4.78, 5) is 0. The molecule has 0 aliphatic heterocycles. The van der Waals surface area contributed by atoms with Crippen molar-refractivity contribution in [3.8, 4) is 0 Å². The third-order valence-corrected chi connectivity index (χ3v) is 14.2. The van der Waals surface area contributed by atoms with Gasteiger partial charge in [0, 0.05) is 36.6 Å². The largest absolute Gasteiger partial charge is 0.103 e. The third-order valence-electron chi connectivity index (χ3n) is 2.81. The van der Waals surface area contributed by atoms with Gasteiger partial charge in [0.05, 0.1) is 0 Å². The molecule has 0 amide bonds. The van der Waals surface area contributed by atoms with Crippen molar-refractivity contribution in [2.75, 3.05) is 0 Å². The van der Waals surface area contributed by atoms with Crippen molar-refractivity contribution in [2.24, 2.45) is 0 Å². The van der Waals surface area contributed by atoms with Crippen LogP contribution in [0.25, 0.3) is 0 Å². The molecule has 142 valence electrons. The zero-order valence-electron chi connectivity index (χ0n) is 15.4. The molecule has 0 nitrogen and oxygen atoms in total. The van der Waals surface area contributed by atoms with Crippen molar-refractivity contribution in [3.63, 3.8) is 0 Å². The van der Waals surface area contributed by atoms with Gasteiger partial charge in [-0.25, -0.2) is 0 Å². The smallest absolute Gasteiger partial charge is 0.0447 e. The predicted octanol–water partition coefficient (Wildman–Crippen LogP) is 8.42. The molecule has 22 heavy (non-hydrogen) atoms. The van der Waals surface area contributed by atoms with Gasteiger partial charge in [-0.1, -0.05) is 97.6 Å². The van der Waals surface area contributed by atoms with E-state index in [1.807, 2.05) is 13.8 Å². The van der Waals surface area contributed by atoms with E-state index in [0.717, 1.165) is 0 Å². The summed E-state index contributed by atoms with van der Waals surface area (Å²) in [6.07, 6.45) is 6.30. The quantitative estimate of drug-likeness (QED) is 0.288. The molecule has 0 aliphatic rings. The summed E-state index contributed by atoms with van der Waals surface area (Å²) >= 11 is 0. The van der Waals surface area contributed by atoms with Crippen molar-refractivity contribution in [2.45, 2.75) is 99.3 Å². The van der Waals surface area contributed by atoms with Crippen LogP contribution >= 0.6 is 0 Å². The van der Waals surface area contributed by atoms with E-state index < -0.39 is 16.1 Å². The van der Waals surface area contributed by atoms with Gasteiger partial charge in [-0.2, -0.15) is 0 Å². The van der Waals surface area contributed by atoms with Crippen LogP contribution in [0, 0.1) is 0 Å². The molecule has 0 heterocycles. The van der Waals surface area contributed by atoms with Crippen LogP contribution < -0.4 is 0 Å². The average Bonchev–Trinajstić information content (AvgIpc) is 2.16. The minimum absolute atomic E-state index is 0. The molecule has 0 aromatic heterocycles. The van der Waals surface area contributed by atoms with E-state index in [4.69, 9.17) is 0 Å². The summed E-state index contributed by atoms with van der Waals surface area (Å²) in [7, 11) is -1.63. The Balaban J connectivity index is -0.0000000618. The van der Waals surface area contributed by atoms with Crippen molar-refractivity contribution >= 4 is 16.1 Å². The van der Waals surface area contributed by atoms with Gasteiger partial charge in [-0.3, -0.25) is 0 Å². The number of hydrogen-bond acceptors (Lipinski definition) is 0. The van der Waals surface area contributed by atoms with Crippen LogP contribution in [0.5, 0.6) is 0 Å². The average molecular weight is 439 g/mol. The predicted molar refractivity (Wildman–Crippen MR) is 115 cm³/mol. The molecule has 0 bridgehead atoms. The van der Waals surface area contributed by atoms with E-state index in [1.165, 1.54) is 24.9 Å². The summed E-state index contributed by atoms with van der Waals surface area (Å²) in [6.45, 7) is 25.5. The first kappa shape index (κ1) is 38.2. The van der Waals surface area contributed by atoms with Crippen molar-refractivity contribution in [3.05, 3.63) is 25.3 Å². The van der Waals surface area contributed by atoms with E-state index in [2.05, 4.69) is 53.2 Å². The van der Waals surface area contributed by atoms with Crippen LogP contribution in [-0.4, -0.2) is 16.1 Å². The first-order chi connectivity index (χ1) is 8.66. The standard InChI is InChI=1S/C11H28Si2.2C3H6.2CH4.Pd/c1-7-9-12(3,4)11-13(5,6)10-8-2;2*1-3-2;;;/h7-11H2,1-6H3;2*3H,1H2,2H3;2*1H4;. The van der Waals surface area contributed by atoms with Gasteiger partial charge in [0.1, 0.15) is 0 Å². The minimum Gasteiger partial charge on any atom is -0.103 e. The number of allylic oxidation sites excluding steroid dienone is 2. The molecule has 0 spiro atoms. The Morgan fingerprint density at radius 1 is 0.727 bits per heavy atom. The van der Waals surface area contributed by atoms with E-state index in [9.17, 15) is 0 Å². The Hall–Kier alpha value is 0.576. The van der Waals surface area contributed by atoms with Gasteiger partial charge in [-0.05, 0) is 13.8 Å². The molecule has 0 rings (SSSR count). The molecule has 0 unspecified atom stereocenters. The van der Waals surface area contributed by atoms with Gasteiger partial charge in [-0.15, -0.1) is 13.2 Å².